The maximum Gasteiger partial charge on any atom is 0.0325 e. The molecule has 2 atom stereocenters. The van der Waals surface area contributed by atoms with E-state index in [4.69, 9.17) is 0 Å². The zero-order valence-electron chi connectivity index (χ0n) is 11.9. The number of aryl methyl sites for hydroxylation is 1. The molecular weight excluding hydrogens is 220 g/mol. The fourth-order valence-corrected chi connectivity index (χ4v) is 3.20. The van der Waals surface area contributed by atoms with Gasteiger partial charge in [-0.15, -0.1) is 0 Å². The maximum atomic E-state index is 3.53. The molecule has 1 aliphatic rings. The summed E-state index contributed by atoms with van der Waals surface area (Å²) in [4.78, 5) is 2.65. The third kappa shape index (κ3) is 2.93. The molecule has 1 heterocycles. The van der Waals surface area contributed by atoms with Crippen LogP contribution in [0.1, 0.15) is 43.9 Å². The molecule has 1 aliphatic heterocycles. The van der Waals surface area contributed by atoms with E-state index < -0.39 is 0 Å². The van der Waals surface area contributed by atoms with Crippen molar-refractivity contribution in [2.45, 2.75) is 45.7 Å². The zero-order chi connectivity index (χ0) is 13.0. The molecule has 1 aromatic rings. The molecule has 0 aliphatic carbocycles. The van der Waals surface area contributed by atoms with Gasteiger partial charge in [0, 0.05) is 18.6 Å². The van der Waals surface area contributed by atoms with Crippen LogP contribution in [-0.4, -0.2) is 30.6 Å². The third-order valence-electron chi connectivity index (χ3n) is 4.24. The van der Waals surface area contributed by atoms with Crippen LogP contribution < -0.4 is 5.32 Å². The molecule has 0 radical (unpaired) electrons. The van der Waals surface area contributed by atoms with Crippen LogP contribution >= 0.6 is 0 Å². The minimum Gasteiger partial charge on any atom is -0.315 e. The highest BCUT2D eigenvalue weighted by Gasteiger charge is 2.25. The van der Waals surface area contributed by atoms with E-state index in [0.29, 0.717) is 12.1 Å². The molecule has 0 bridgehead atoms. The lowest BCUT2D eigenvalue weighted by atomic mass is 9.97. The van der Waals surface area contributed by atoms with Crippen molar-refractivity contribution in [1.29, 1.82) is 0 Å². The number of hydrogen-bond donors (Lipinski definition) is 1. The third-order valence-corrected chi connectivity index (χ3v) is 4.24. The van der Waals surface area contributed by atoms with Crippen LogP contribution in [0.5, 0.6) is 0 Å². The van der Waals surface area contributed by atoms with E-state index in [1.807, 2.05) is 0 Å². The van der Waals surface area contributed by atoms with Crippen LogP contribution in [0.25, 0.3) is 0 Å². The van der Waals surface area contributed by atoms with Crippen LogP contribution in [-0.2, 0) is 0 Å². The van der Waals surface area contributed by atoms with E-state index in [9.17, 15) is 0 Å². The van der Waals surface area contributed by atoms with Crippen molar-refractivity contribution < 1.29 is 0 Å². The second-order valence-electron chi connectivity index (χ2n) is 5.36. The number of nitrogens with zero attached hydrogens (tertiary/aromatic N) is 1. The summed E-state index contributed by atoms with van der Waals surface area (Å²) >= 11 is 0. The van der Waals surface area contributed by atoms with Gasteiger partial charge >= 0.3 is 0 Å². The molecule has 0 spiro atoms. The van der Waals surface area contributed by atoms with Crippen LogP contribution in [0.4, 0.5) is 0 Å². The molecule has 100 valence electrons. The maximum absolute atomic E-state index is 3.53. The van der Waals surface area contributed by atoms with Crippen molar-refractivity contribution in [2.75, 3.05) is 19.6 Å². The predicted octanol–water partition coefficient (Wildman–Crippen LogP) is 3.13. The molecular formula is C16H26N2. The molecule has 0 amide bonds. The summed E-state index contributed by atoms with van der Waals surface area (Å²) in [7, 11) is 0. The van der Waals surface area contributed by atoms with Crippen molar-refractivity contribution in [2.24, 2.45) is 0 Å². The fraction of sp³-hybridized carbons (Fsp3) is 0.625. The van der Waals surface area contributed by atoms with Crippen molar-refractivity contribution >= 4 is 0 Å². The number of likely N-dealkylation sites (N-methyl/N-ethyl adjacent to an activating group) is 1. The van der Waals surface area contributed by atoms with Gasteiger partial charge in [-0.1, -0.05) is 31.2 Å². The molecule has 2 nitrogen and oxygen atoms in total. The molecule has 0 aromatic heterocycles. The summed E-state index contributed by atoms with van der Waals surface area (Å²) in [6.45, 7) is 10.3. The van der Waals surface area contributed by atoms with Gasteiger partial charge in [-0.3, -0.25) is 4.90 Å². The van der Waals surface area contributed by atoms with Gasteiger partial charge < -0.3 is 5.32 Å². The van der Waals surface area contributed by atoms with Crippen LogP contribution in [0.15, 0.2) is 24.3 Å². The molecule has 1 fully saturated rings. The second-order valence-corrected chi connectivity index (χ2v) is 5.36. The van der Waals surface area contributed by atoms with Gasteiger partial charge in [0.15, 0.2) is 0 Å². The zero-order valence-corrected chi connectivity index (χ0v) is 11.9. The smallest absolute Gasteiger partial charge is 0.0325 e. The Kier molecular flexibility index (Phi) is 4.79. The number of benzene rings is 1. The topological polar surface area (TPSA) is 15.3 Å². The summed E-state index contributed by atoms with van der Waals surface area (Å²) in [6.07, 6.45) is 2.64. The second kappa shape index (κ2) is 6.35. The number of nitrogens with one attached hydrogen (secondary N) is 1. The predicted molar refractivity (Wildman–Crippen MR) is 77.9 cm³/mol. The number of hydrogen-bond acceptors (Lipinski definition) is 2. The minimum absolute atomic E-state index is 0.515. The number of piperidine rings is 1. The first kappa shape index (κ1) is 13.6. The van der Waals surface area contributed by atoms with E-state index in [1.165, 1.54) is 30.5 Å². The SMILES string of the molecule is CCN(C1CCCNC1)C(C)c1ccccc1C. The molecule has 2 heteroatoms. The highest BCUT2D eigenvalue weighted by atomic mass is 15.2. The highest BCUT2D eigenvalue weighted by Crippen LogP contribution is 2.26. The Hall–Kier alpha value is -0.860. The standard InChI is InChI=1S/C16H26N2/c1-4-18(15-9-7-11-17-12-15)14(3)16-10-6-5-8-13(16)2/h5-6,8,10,14-15,17H,4,7,9,11-12H2,1-3H3. The Morgan fingerprint density at radius 2 is 2.17 bits per heavy atom. The molecule has 2 unspecified atom stereocenters. The Morgan fingerprint density at radius 3 is 2.78 bits per heavy atom. The average molecular weight is 246 g/mol. The van der Waals surface area contributed by atoms with Gasteiger partial charge in [0.25, 0.3) is 0 Å². The molecule has 2 rings (SSSR count). The largest absolute Gasteiger partial charge is 0.315 e. The average Bonchev–Trinajstić information content (AvgIpc) is 2.41. The lowest BCUT2D eigenvalue weighted by molar-refractivity contribution is 0.127. The summed E-state index contributed by atoms with van der Waals surface area (Å²) < 4.78 is 0. The fourth-order valence-electron chi connectivity index (χ4n) is 3.20. The van der Waals surface area contributed by atoms with Crippen molar-refractivity contribution in [3.05, 3.63) is 35.4 Å². The highest BCUT2D eigenvalue weighted by molar-refractivity contribution is 5.28. The van der Waals surface area contributed by atoms with Gasteiger partial charge in [0.1, 0.15) is 0 Å². The van der Waals surface area contributed by atoms with E-state index in [2.05, 4.69) is 55.3 Å². The van der Waals surface area contributed by atoms with Gasteiger partial charge in [-0.2, -0.15) is 0 Å². The van der Waals surface area contributed by atoms with Gasteiger partial charge in [-0.05, 0) is 50.9 Å². The van der Waals surface area contributed by atoms with Gasteiger partial charge in [-0.25, -0.2) is 0 Å². The summed E-state index contributed by atoms with van der Waals surface area (Å²) in [6, 6.07) is 9.99. The van der Waals surface area contributed by atoms with Crippen LogP contribution in [0.3, 0.4) is 0 Å². The normalized spacial score (nSPS) is 22.1. The van der Waals surface area contributed by atoms with Crippen molar-refractivity contribution in [3.63, 3.8) is 0 Å². The summed E-state index contributed by atoms with van der Waals surface area (Å²) in [5.74, 6) is 0. The summed E-state index contributed by atoms with van der Waals surface area (Å²) in [5, 5.41) is 3.53. The van der Waals surface area contributed by atoms with E-state index in [-0.39, 0.29) is 0 Å². The van der Waals surface area contributed by atoms with E-state index in [1.54, 1.807) is 0 Å². The monoisotopic (exact) mass is 246 g/mol. The lowest BCUT2D eigenvalue weighted by Crippen LogP contribution is -2.46. The Balaban J connectivity index is 2.14. The van der Waals surface area contributed by atoms with Gasteiger partial charge in [0.05, 0.1) is 0 Å². The van der Waals surface area contributed by atoms with E-state index in [0.717, 1.165) is 13.1 Å². The van der Waals surface area contributed by atoms with Gasteiger partial charge in [0.2, 0.25) is 0 Å². The Morgan fingerprint density at radius 1 is 1.39 bits per heavy atom. The summed E-state index contributed by atoms with van der Waals surface area (Å²) in [5.41, 5.74) is 2.89. The van der Waals surface area contributed by atoms with E-state index >= 15 is 0 Å². The number of rotatable bonds is 4. The molecule has 18 heavy (non-hydrogen) atoms. The minimum atomic E-state index is 0.515. The molecule has 1 saturated heterocycles. The quantitative estimate of drug-likeness (QED) is 0.878. The molecule has 0 saturated carbocycles. The first-order chi connectivity index (χ1) is 8.74. The molecule has 1 N–H and O–H groups in total. The van der Waals surface area contributed by atoms with Crippen LogP contribution in [0, 0.1) is 6.92 Å². The first-order valence-electron chi connectivity index (χ1n) is 7.26. The first-order valence-corrected chi connectivity index (χ1v) is 7.26. The lowest BCUT2D eigenvalue weighted by Gasteiger charge is -2.38. The van der Waals surface area contributed by atoms with Crippen molar-refractivity contribution in [1.82, 2.24) is 10.2 Å². The Labute approximate surface area is 111 Å². The van der Waals surface area contributed by atoms with Crippen molar-refractivity contribution in [3.8, 4) is 0 Å². The molecule has 1 aromatic carbocycles. The van der Waals surface area contributed by atoms with Crippen LogP contribution in [0.2, 0.25) is 0 Å². The Bertz CT molecular complexity index is 369.